The van der Waals surface area contributed by atoms with Gasteiger partial charge in [0, 0.05) is 31.7 Å². The van der Waals surface area contributed by atoms with Crippen LogP contribution in [0.3, 0.4) is 0 Å². The molecule has 3 heteroatoms. The Morgan fingerprint density at radius 2 is 1.78 bits per heavy atom. The van der Waals surface area contributed by atoms with Gasteiger partial charge in [0.2, 0.25) is 0 Å². The lowest BCUT2D eigenvalue weighted by Gasteiger charge is -2.39. The van der Waals surface area contributed by atoms with Gasteiger partial charge in [0.25, 0.3) is 0 Å². The maximum Gasteiger partial charge on any atom is 0.0655 e. The highest BCUT2D eigenvalue weighted by molar-refractivity contribution is 4.90. The summed E-state index contributed by atoms with van der Waals surface area (Å²) in [7, 11) is 0. The first-order valence-electron chi connectivity index (χ1n) is 7.58. The van der Waals surface area contributed by atoms with Crippen LogP contribution < -0.4 is 0 Å². The van der Waals surface area contributed by atoms with Crippen molar-refractivity contribution in [2.75, 3.05) is 19.7 Å². The summed E-state index contributed by atoms with van der Waals surface area (Å²) >= 11 is 0. The number of hydrogen-bond donors (Lipinski definition) is 0. The van der Waals surface area contributed by atoms with Crippen LogP contribution in [0.5, 0.6) is 0 Å². The fourth-order valence-electron chi connectivity index (χ4n) is 3.26. The van der Waals surface area contributed by atoms with Crippen molar-refractivity contribution in [3.05, 3.63) is 0 Å². The van der Waals surface area contributed by atoms with E-state index in [1.807, 2.05) is 0 Å². The summed E-state index contributed by atoms with van der Waals surface area (Å²) in [6.45, 7) is 5.47. The molecule has 0 N–H and O–H groups in total. The maximum atomic E-state index is 8.92. The number of piperidine rings is 1. The molecule has 0 bridgehead atoms. The van der Waals surface area contributed by atoms with E-state index in [0.29, 0.717) is 12.0 Å². The van der Waals surface area contributed by atoms with E-state index in [2.05, 4.69) is 17.9 Å². The zero-order valence-corrected chi connectivity index (χ0v) is 11.6. The molecule has 2 fully saturated rings. The van der Waals surface area contributed by atoms with Gasteiger partial charge in [0.1, 0.15) is 0 Å². The second-order valence-electron chi connectivity index (χ2n) is 5.74. The third-order valence-corrected chi connectivity index (χ3v) is 4.43. The quantitative estimate of drug-likeness (QED) is 0.769. The van der Waals surface area contributed by atoms with E-state index in [-0.39, 0.29) is 0 Å². The van der Waals surface area contributed by atoms with Crippen molar-refractivity contribution in [3.8, 4) is 6.07 Å². The number of likely N-dealkylation sites (tertiary alicyclic amines) is 1. The predicted molar refractivity (Wildman–Crippen MR) is 72.2 cm³/mol. The Balaban J connectivity index is 1.69. The summed E-state index contributed by atoms with van der Waals surface area (Å²) < 4.78 is 5.83. The summed E-state index contributed by atoms with van der Waals surface area (Å²) in [5, 5.41) is 8.92. The smallest absolute Gasteiger partial charge is 0.0655 e. The largest absolute Gasteiger partial charge is 0.378 e. The highest BCUT2D eigenvalue weighted by Crippen LogP contribution is 2.29. The molecule has 3 nitrogen and oxygen atoms in total. The van der Waals surface area contributed by atoms with Gasteiger partial charge >= 0.3 is 0 Å². The molecule has 0 aromatic carbocycles. The second kappa shape index (κ2) is 7.11. The predicted octanol–water partition coefficient (Wildman–Crippen LogP) is 2.96. The SMILES string of the molecule is CCCOC1CCN([C@H]2CC[C@H](C#N)CC2)CC1. The van der Waals surface area contributed by atoms with E-state index in [4.69, 9.17) is 10.00 Å². The molecule has 0 radical (unpaired) electrons. The minimum absolute atomic E-state index is 0.326. The average molecular weight is 250 g/mol. The molecule has 102 valence electrons. The van der Waals surface area contributed by atoms with Crippen molar-refractivity contribution in [3.63, 3.8) is 0 Å². The standard InChI is InChI=1S/C15H26N2O/c1-2-11-18-15-7-9-17(10-8-15)14-5-3-13(12-16)4-6-14/h13-15H,2-11H2,1H3/t13-,14-. The van der Waals surface area contributed by atoms with Crippen LogP contribution >= 0.6 is 0 Å². The van der Waals surface area contributed by atoms with E-state index < -0.39 is 0 Å². The summed E-state index contributed by atoms with van der Waals surface area (Å²) in [6, 6.07) is 3.16. The molecular weight excluding hydrogens is 224 g/mol. The Kier molecular flexibility index (Phi) is 5.46. The topological polar surface area (TPSA) is 36.3 Å². The van der Waals surface area contributed by atoms with E-state index in [1.165, 1.54) is 38.8 Å². The van der Waals surface area contributed by atoms with Gasteiger partial charge in [-0.05, 0) is 44.9 Å². The molecule has 0 unspecified atom stereocenters. The first kappa shape index (κ1) is 13.8. The third kappa shape index (κ3) is 3.70. The molecule has 18 heavy (non-hydrogen) atoms. The van der Waals surface area contributed by atoms with Gasteiger partial charge in [-0.25, -0.2) is 0 Å². The fraction of sp³-hybridized carbons (Fsp3) is 0.933. The Morgan fingerprint density at radius 3 is 2.33 bits per heavy atom. The Labute approximate surface area is 111 Å². The normalized spacial score (nSPS) is 31.1. The lowest BCUT2D eigenvalue weighted by molar-refractivity contribution is -0.00652. The summed E-state index contributed by atoms with van der Waals surface area (Å²) in [4.78, 5) is 2.64. The molecular formula is C15H26N2O. The molecule has 2 aliphatic rings. The van der Waals surface area contributed by atoms with Crippen molar-refractivity contribution in [1.29, 1.82) is 5.26 Å². The van der Waals surface area contributed by atoms with Gasteiger partial charge in [-0.1, -0.05) is 6.92 Å². The molecule has 0 aromatic heterocycles. The maximum absolute atomic E-state index is 8.92. The number of ether oxygens (including phenoxy) is 1. The van der Waals surface area contributed by atoms with Gasteiger partial charge in [0.15, 0.2) is 0 Å². The highest BCUT2D eigenvalue weighted by atomic mass is 16.5. The Morgan fingerprint density at radius 1 is 1.11 bits per heavy atom. The van der Waals surface area contributed by atoms with Gasteiger partial charge in [-0.2, -0.15) is 5.26 Å². The van der Waals surface area contributed by atoms with Crippen molar-refractivity contribution in [1.82, 2.24) is 4.90 Å². The van der Waals surface area contributed by atoms with Crippen LogP contribution in [0.25, 0.3) is 0 Å². The molecule has 1 saturated heterocycles. The molecule has 1 heterocycles. The first-order valence-corrected chi connectivity index (χ1v) is 7.58. The van der Waals surface area contributed by atoms with Gasteiger partial charge in [-0.3, -0.25) is 0 Å². The minimum atomic E-state index is 0.326. The average Bonchev–Trinajstić information content (AvgIpc) is 2.46. The van der Waals surface area contributed by atoms with Crippen LogP contribution in [-0.4, -0.2) is 36.7 Å². The van der Waals surface area contributed by atoms with Crippen LogP contribution in [0.2, 0.25) is 0 Å². The third-order valence-electron chi connectivity index (χ3n) is 4.43. The Bertz CT molecular complexity index is 271. The van der Waals surface area contributed by atoms with Gasteiger partial charge < -0.3 is 9.64 Å². The van der Waals surface area contributed by atoms with E-state index >= 15 is 0 Å². The second-order valence-corrected chi connectivity index (χ2v) is 5.74. The molecule has 0 atom stereocenters. The number of rotatable bonds is 4. The minimum Gasteiger partial charge on any atom is -0.378 e. The monoisotopic (exact) mass is 250 g/mol. The van der Waals surface area contributed by atoms with Crippen molar-refractivity contribution in [2.24, 2.45) is 5.92 Å². The highest BCUT2D eigenvalue weighted by Gasteiger charge is 2.28. The van der Waals surface area contributed by atoms with Crippen molar-refractivity contribution in [2.45, 2.75) is 64.0 Å². The zero-order valence-electron chi connectivity index (χ0n) is 11.6. The lowest BCUT2D eigenvalue weighted by atomic mass is 9.85. The first-order chi connectivity index (χ1) is 8.83. The van der Waals surface area contributed by atoms with Crippen LogP contribution in [0.1, 0.15) is 51.9 Å². The molecule has 2 rings (SSSR count). The summed E-state index contributed by atoms with van der Waals surface area (Å²) in [5.41, 5.74) is 0. The lowest BCUT2D eigenvalue weighted by Crippen LogP contribution is -2.44. The fourth-order valence-corrected chi connectivity index (χ4v) is 3.26. The van der Waals surface area contributed by atoms with Crippen LogP contribution in [0.15, 0.2) is 0 Å². The summed E-state index contributed by atoms with van der Waals surface area (Å²) in [5.74, 6) is 0.326. The molecule has 1 aliphatic carbocycles. The van der Waals surface area contributed by atoms with E-state index in [9.17, 15) is 0 Å². The van der Waals surface area contributed by atoms with Gasteiger partial charge in [-0.15, -0.1) is 0 Å². The number of hydrogen-bond acceptors (Lipinski definition) is 3. The molecule has 0 amide bonds. The summed E-state index contributed by atoms with van der Waals surface area (Å²) in [6.07, 6.45) is 8.66. The molecule has 0 aromatic rings. The molecule has 1 saturated carbocycles. The van der Waals surface area contributed by atoms with Crippen LogP contribution in [-0.2, 0) is 4.74 Å². The van der Waals surface area contributed by atoms with Crippen molar-refractivity contribution >= 4 is 0 Å². The van der Waals surface area contributed by atoms with Gasteiger partial charge in [0.05, 0.1) is 12.2 Å². The molecule has 1 aliphatic heterocycles. The van der Waals surface area contributed by atoms with E-state index in [0.717, 1.165) is 31.9 Å². The number of nitriles is 1. The van der Waals surface area contributed by atoms with Crippen LogP contribution in [0.4, 0.5) is 0 Å². The Hall–Kier alpha value is -0.590. The number of nitrogens with zero attached hydrogens (tertiary/aromatic N) is 2. The van der Waals surface area contributed by atoms with Crippen molar-refractivity contribution < 1.29 is 4.74 Å². The van der Waals surface area contributed by atoms with E-state index in [1.54, 1.807) is 0 Å². The molecule has 0 spiro atoms. The zero-order chi connectivity index (χ0) is 12.8. The van der Waals surface area contributed by atoms with Crippen LogP contribution in [0, 0.1) is 17.2 Å².